The molecule has 5 heteroatoms. The molecule has 0 aliphatic rings. The lowest BCUT2D eigenvalue weighted by Crippen LogP contribution is -1.98. The topological polar surface area (TPSA) is 64.5 Å². The number of carbonyl (C=O) groups is 1. The molecule has 0 fully saturated rings. The molecule has 0 saturated carbocycles. The van der Waals surface area contributed by atoms with E-state index in [9.17, 15) is 4.79 Å². The van der Waals surface area contributed by atoms with Crippen molar-refractivity contribution in [2.75, 3.05) is 14.2 Å². The smallest absolute Gasteiger partial charge is 0.373 e. The number of rotatable bonds is 5. The summed E-state index contributed by atoms with van der Waals surface area (Å²) in [6, 6.07) is 19.5. The minimum Gasteiger partial charge on any atom is -0.497 e. The maximum absolute atomic E-state index is 11.7. The molecule has 0 spiro atoms. The lowest BCUT2D eigenvalue weighted by Gasteiger charge is -2.04. The molecule has 2 heterocycles. The molecule has 2 aromatic heterocycles. The zero-order chi connectivity index (χ0) is 18.8. The van der Waals surface area contributed by atoms with E-state index in [1.807, 2.05) is 42.5 Å². The second-order valence-corrected chi connectivity index (χ2v) is 6.19. The summed E-state index contributed by atoms with van der Waals surface area (Å²) >= 11 is 0. The van der Waals surface area contributed by atoms with E-state index >= 15 is 0 Å². The number of hydrogen-bond donors (Lipinski definition) is 1. The third-order valence-electron chi connectivity index (χ3n) is 4.58. The molecule has 0 bridgehead atoms. The van der Waals surface area contributed by atoms with Gasteiger partial charge < -0.3 is 18.9 Å². The number of carbonyl (C=O) groups excluding carboxylic acids is 1. The van der Waals surface area contributed by atoms with Crippen molar-refractivity contribution < 1.29 is 18.7 Å². The van der Waals surface area contributed by atoms with Gasteiger partial charge in [-0.05, 0) is 35.4 Å². The highest BCUT2D eigenvalue weighted by molar-refractivity contribution is 5.92. The van der Waals surface area contributed by atoms with Crippen LogP contribution in [0.25, 0.3) is 22.2 Å². The largest absolute Gasteiger partial charge is 0.497 e. The SMILES string of the molecule is COC(=O)c1ccc(Cc2c(-c3ccccc3)[nH]c3cc(OC)ccc23)o1. The Kier molecular flexibility index (Phi) is 4.42. The van der Waals surface area contributed by atoms with Crippen LogP contribution in [0.1, 0.15) is 21.9 Å². The van der Waals surface area contributed by atoms with E-state index < -0.39 is 5.97 Å². The summed E-state index contributed by atoms with van der Waals surface area (Å²) in [5, 5.41) is 1.09. The summed E-state index contributed by atoms with van der Waals surface area (Å²) in [4.78, 5) is 15.2. The van der Waals surface area contributed by atoms with Crippen LogP contribution in [-0.4, -0.2) is 25.2 Å². The van der Waals surface area contributed by atoms with Crippen LogP contribution in [0.4, 0.5) is 0 Å². The Morgan fingerprint density at radius 1 is 1.04 bits per heavy atom. The first-order valence-corrected chi connectivity index (χ1v) is 8.60. The second kappa shape index (κ2) is 7.03. The van der Waals surface area contributed by atoms with Gasteiger partial charge in [0.15, 0.2) is 0 Å². The van der Waals surface area contributed by atoms with Crippen molar-refractivity contribution in [2.45, 2.75) is 6.42 Å². The van der Waals surface area contributed by atoms with Crippen molar-refractivity contribution in [3.8, 4) is 17.0 Å². The lowest BCUT2D eigenvalue weighted by atomic mass is 10.0. The fraction of sp³-hybridized carbons (Fsp3) is 0.136. The van der Waals surface area contributed by atoms with Crippen molar-refractivity contribution in [1.82, 2.24) is 4.98 Å². The van der Waals surface area contributed by atoms with Crippen LogP contribution in [0, 0.1) is 0 Å². The van der Waals surface area contributed by atoms with Crippen molar-refractivity contribution in [2.24, 2.45) is 0 Å². The molecule has 0 unspecified atom stereocenters. The van der Waals surface area contributed by atoms with Gasteiger partial charge in [-0.2, -0.15) is 0 Å². The minimum absolute atomic E-state index is 0.204. The third kappa shape index (κ3) is 3.19. The number of ether oxygens (including phenoxy) is 2. The molecule has 5 nitrogen and oxygen atoms in total. The quantitative estimate of drug-likeness (QED) is 0.518. The van der Waals surface area contributed by atoms with Crippen molar-refractivity contribution >= 4 is 16.9 Å². The van der Waals surface area contributed by atoms with Crippen molar-refractivity contribution in [3.05, 3.63) is 77.7 Å². The van der Waals surface area contributed by atoms with Gasteiger partial charge in [0.25, 0.3) is 0 Å². The molecule has 0 atom stereocenters. The summed E-state index contributed by atoms with van der Waals surface area (Å²) in [7, 11) is 2.99. The number of aromatic amines is 1. The van der Waals surface area contributed by atoms with Crippen LogP contribution < -0.4 is 4.74 Å². The minimum atomic E-state index is -0.479. The Labute approximate surface area is 156 Å². The van der Waals surface area contributed by atoms with E-state index in [0.717, 1.165) is 33.5 Å². The number of H-pyrrole nitrogens is 1. The number of furan rings is 1. The zero-order valence-corrected chi connectivity index (χ0v) is 15.1. The van der Waals surface area contributed by atoms with Crippen molar-refractivity contribution in [1.29, 1.82) is 0 Å². The van der Waals surface area contributed by atoms with Gasteiger partial charge in [-0.1, -0.05) is 30.3 Å². The van der Waals surface area contributed by atoms with E-state index in [0.29, 0.717) is 12.2 Å². The Morgan fingerprint density at radius 3 is 2.59 bits per heavy atom. The number of fused-ring (bicyclic) bond motifs is 1. The number of methoxy groups -OCH3 is 2. The second-order valence-electron chi connectivity index (χ2n) is 6.19. The predicted octanol–water partition coefficient (Wildman–Crippen LogP) is 4.81. The average molecular weight is 361 g/mol. The molecule has 0 saturated heterocycles. The van der Waals surface area contributed by atoms with Gasteiger partial charge in [-0.15, -0.1) is 0 Å². The lowest BCUT2D eigenvalue weighted by molar-refractivity contribution is 0.0563. The van der Waals surface area contributed by atoms with Crippen LogP contribution >= 0.6 is 0 Å². The number of esters is 1. The summed E-state index contributed by atoms with van der Waals surface area (Å²) in [6.07, 6.45) is 0.549. The van der Waals surface area contributed by atoms with Gasteiger partial charge in [-0.25, -0.2) is 4.79 Å². The highest BCUT2D eigenvalue weighted by atomic mass is 16.5. The first-order chi connectivity index (χ1) is 13.2. The fourth-order valence-electron chi connectivity index (χ4n) is 3.25. The molecule has 0 aliphatic heterocycles. The molecule has 27 heavy (non-hydrogen) atoms. The molecular formula is C22H19NO4. The van der Waals surface area contributed by atoms with Crippen LogP contribution in [0.2, 0.25) is 0 Å². The number of benzene rings is 2. The Bertz CT molecular complexity index is 1090. The van der Waals surface area contributed by atoms with Gasteiger partial charge in [0.1, 0.15) is 11.5 Å². The Balaban J connectivity index is 1.82. The Hall–Kier alpha value is -3.47. The fourth-order valence-corrected chi connectivity index (χ4v) is 3.25. The van der Waals surface area contributed by atoms with Crippen LogP contribution in [0.5, 0.6) is 5.75 Å². The predicted molar refractivity (Wildman–Crippen MR) is 103 cm³/mol. The van der Waals surface area contributed by atoms with Crippen molar-refractivity contribution in [3.63, 3.8) is 0 Å². The molecule has 0 aliphatic carbocycles. The van der Waals surface area contributed by atoms with Crippen LogP contribution in [0.15, 0.2) is 65.1 Å². The molecule has 0 amide bonds. The summed E-state index contributed by atoms with van der Waals surface area (Å²) in [6.45, 7) is 0. The molecule has 4 aromatic rings. The molecule has 1 N–H and O–H groups in total. The highest BCUT2D eigenvalue weighted by Gasteiger charge is 2.17. The molecule has 4 rings (SSSR count). The van der Waals surface area contributed by atoms with Crippen LogP contribution in [0.3, 0.4) is 0 Å². The highest BCUT2D eigenvalue weighted by Crippen LogP contribution is 2.34. The number of hydrogen-bond acceptors (Lipinski definition) is 4. The van der Waals surface area contributed by atoms with Gasteiger partial charge in [0.05, 0.1) is 19.9 Å². The maximum atomic E-state index is 11.7. The van der Waals surface area contributed by atoms with E-state index in [-0.39, 0.29) is 5.76 Å². The van der Waals surface area contributed by atoms with E-state index in [4.69, 9.17) is 13.9 Å². The van der Waals surface area contributed by atoms with Crippen LogP contribution in [-0.2, 0) is 11.2 Å². The molecule has 2 aromatic carbocycles. The van der Waals surface area contributed by atoms with E-state index in [1.165, 1.54) is 7.11 Å². The molecular weight excluding hydrogens is 342 g/mol. The first-order valence-electron chi connectivity index (χ1n) is 8.60. The molecule has 0 radical (unpaired) electrons. The maximum Gasteiger partial charge on any atom is 0.373 e. The standard InChI is InChI=1S/C22H19NO4/c1-25-15-8-10-17-18(12-16-9-11-20(27-16)22(24)26-2)21(23-19(17)13-15)14-6-4-3-5-7-14/h3-11,13,23H,12H2,1-2H3. The zero-order valence-electron chi connectivity index (χ0n) is 15.1. The normalized spacial score (nSPS) is 10.9. The summed E-state index contributed by atoms with van der Waals surface area (Å²) in [5.41, 5.74) is 4.20. The first kappa shape index (κ1) is 17.0. The number of aromatic nitrogens is 1. The summed E-state index contributed by atoms with van der Waals surface area (Å²) < 4.78 is 15.7. The van der Waals surface area contributed by atoms with Gasteiger partial charge in [-0.3, -0.25) is 0 Å². The Morgan fingerprint density at radius 2 is 1.85 bits per heavy atom. The number of nitrogens with one attached hydrogen (secondary N) is 1. The molecule has 136 valence electrons. The van der Waals surface area contributed by atoms with E-state index in [2.05, 4.69) is 17.1 Å². The monoisotopic (exact) mass is 361 g/mol. The van der Waals surface area contributed by atoms with Gasteiger partial charge in [0, 0.05) is 23.4 Å². The van der Waals surface area contributed by atoms with E-state index in [1.54, 1.807) is 13.2 Å². The van der Waals surface area contributed by atoms with Gasteiger partial charge in [0.2, 0.25) is 5.76 Å². The summed E-state index contributed by atoms with van der Waals surface area (Å²) in [5.74, 6) is 1.22. The average Bonchev–Trinajstić information content (AvgIpc) is 3.33. The third-order valence-corrected chi connectivity index (χ3v) is 4.58. The van der Waals surface area contributed by atoms with Gasteiger partial charge >= 0.3 is 5.97 Å².